The first-order valence-electron chi connectivity index (χ1n) is 7.44. The summed E-state index contributed by atoms with van der Waals surface area (Å²) in [6, 6.07) is 10.6. The number of hydrogen-bond donors (Lipinski definition) is 2. The molecule has 5 nitrogen and oxygen atoms in total. The van der Waals surface area contributed by atoms with E-state index in [-0.39, 0.29) is 11.4 Å². The Balaban J connectivity index is 2.10. The van der Waals surface area contributed by atoms with Crippen molar-refractivity contribution in [1.29, 1.82) is 0 Å². The number of nitrogen functional groups attached to an aromatic ring is 1. The summed E-state index contributed by atoms with van der Waals surface area (Å²) in [6.45, 7) is 1.75. The van der Waals surface area contributed by atoms with Gasteiger partial charge in [-0.25, -0.2) is 8.42 Å². The molecule has 0 spiro atoms. The molecular formula is C17H14F3N3O2S. The lowest BCUT2D eigenvalue weighted by molar-refractivity contribution is -0.137. The fraction of sp³-hybridized carbons (Fsp3) is 0.118. The number of fused-ring (bicyclic) bond motifs is 1. The molecule has 0 saturated heterocycles. The maximum absolute atomic E-state index is 12.9. The second-order valence-corrected chi connectivity index (χ2v) is 7.34. The zero-order chi connectivity index (χ0) is 19.1. The number of aromatic nitrogens is 1. The van der Waals surface area contributed by atoms with Gasteiger partial charge in [-0.3, -0.25) is 9.71 Å². The fourth-order valence-corrected chi connectivity index (χ4v) is 3.69. The zero-order valence-corrected chi connectivity index (χ0v) is 14.3. The molecule has 26 heavy (non-hydrogen) atoms. The SMILES string of the molecule is Cc1ccc2cccc(NS(=O)(=O)c3cc(C(F)(F)F)ccc3N)c2n1. The summed E-state index contributed by atoms with van der Waals surface area (Å²) in [5.41, 5.74) is 5.44. The first kappa shape index (κ1) is 18.0. The summed E-state index contributed by atoms with van der Waals surface area (Å²) in [6.07, 6.45) is -4.68. The molecule has 2 aromatic carbocycles. The number of nitrogens with one attached hydrogen (secondary N) is 1. The lowest BCUT2D eigenvalue weighted by Gasteiger charge is -2.14. The predicted molar refractivity (Wildman–Crippen MR) is 93.1 cm³/mol. The molecule has 0 aliphatic rings. The highest BCUT2D eigenvalue weighted by Gasteiger charge is 2.32. The van der Waals surface area contributed by atoms with Crippen LogP contribution in [0.2, 0.25) is 0 Å². The fourth-order valence-electron chi connectivity index (χ4n) is 2.47. The van der Waals surface area contributed by atoms with Crippen LogP contribution in [0, 0.1) is 6.92 Å². The van der Waals surface area contributed by atoms with E-state index >= 15 is 0 Å². The van der Waals surface area contributed by atoms with Crippen LogP contribution in [0.3, 0.4) is 0 Å². The van der Waals surface area contributed by atoms with Gasteiger partial charge in [-0.2, -0.15) is 13.2 Å². The van der Waals surface area contributed by atoms with E-state index in [1.54, 1.807) is 31.2 Å². The largest absolute Gasteiger partial charge is 0.416 e. The van der Waals surface area contributed by atoms with Crippen LogP contribution in [0.5, 0.6) is 0 Å². The molecule has 1 heterocycles. The van der Waals surface area contributed by atoms with E-state index in [0.717, 1.165) is 12.1 Å². The number of alkyl halides is 3. The molecule has 0 saturated carbocycles. The van der Waals surface area contributed by atoms with Crippen molar-refractivity contribution in [3.8, 4) is 0 Å². The van der Waals surface area contributed by atoms with Crippen molar-refractivity contribution < 1.29 is 21.6 Å². The van der Waals surface area contributed by atoms with Crippen LogP contribution in [0.25, 0.3) is 10.9 Å². The van der Waals surface area contributed by atoms with Gasteiger partial charge in [0.15, 0.2) is 0 Å². The van der Waals surface area contributed by atoms with Gasteiger partial charge in [0, 0.05) is 11.1 Å². The smallest absolute Gasteiger partial charge is 0.398 e. The van der Waals surface area contributed by atoms with Gasteiger partial charge in [0.05, 0.1) is 22.5 Å². The molecule has 9 heteroatoms. The predicted octanol–water partition coefficient (Wildman–Crippen LogP) is 3.95. The highest BCUT2D eigenvalue weighted by atomic mass is 32.2. The number of nitrogens with zero attached hydrogens (tertiary/aromatic N) is 1. The standard InChI is InChI=1S/C17H14F3N3O2S/c1-10-5-6-11-3-2-4-14(16(11)22-10)23-26(24,25)15-9-12(17(18,19)20)7-8-13(15)21/h2-9,23H,21H2,1H3. The van der Waals surface area contributed by atoms with Gasteiger partial charge in [0.1, 0.15) is 4.90 Å². The van der Waals surface area contributed by atoms with Crippen molar-refractivity contribution in [3.63, 3.8) is 0 Å². The molecule has 3 N–H and O–H groups in total. The molecule has 136 valence electrons. The van der Waals surface area contributed by atoms with Gasteiger partial charge in [0.25, 0.3) is 10.0 Å². The molecule has 0 fully saturated rings. The number of pyridine rings is 1. The second-order valence-electron chi connectivity index (χ2n) is 5.69. The zero-order valence-electron chi connectivity index (χ0n) is 13.5. The number of sulfonamides is 1. The minimum Gasteiger partial charge on any atom is -0.398 e. The monoisotopic (exact) mass is 381 g/mol. The molecule has 0 atom stereocenters. The molecule has 0 bridgehead atoms. The van der Waals surface area contributed by atoms with Gasteiger partial charge in [-0.15, -0.1) is 0 Å². The first-order valence-corrected chi connectivity index (χ1v) is 8.92. The number of rotatable bonds is 3. The minimum absolute atomic E-state index is 0.156. The lowest BCUT2D eigenvalue weighted by atomic mass is 10.2. The summed E-state index contributed by atoms with van der Waals surface area (Å²) >= 11 is 0. The van der Waals surface area contributed by atoms with Crippen molar-refractivity contribution in [2.45, 2.75) is 18.0 Å². The second kappa shape index (κ2) is 6.17. The maximum atomic E-state index is 12.9. The Morgan fingerprint density at radius 1 is 1.08 bits per heavy atom. The maximum Gasteiger partial charge on any atom is 0.416 e. The van der Waals surface area contributed by atoms with E-state index in [0.29, 0.717) is 22.7 Å². The topological polar surface area (TPSA) is 85.1 Å². The third-order valence-corrected chi connectivity index (χ3v) is 5.16. The van der Waals surface area contributed by atoms with Gasteiger partial charge in [-0.1, -0.05) is 18.2 Å². The Morgan fingerprint density at radius 3 is 2.50 bits per heavy atom. The quantitative estimate of drug-likeness (QED) is 0.673. The van der Waals surface area contributed by atoms with E-state index < -0.39 is 26.7 Å². The molecule has 0 unspecified atom stereocenters. The third kappa shape index (κ3) is 3.43. The number of para-hydroxylation sites is 1. The van der Waals surface area contributed by atoms with E-state index in [1.165, 1.54) is 6.07 Å². The molecule has 1 aromatic heterocycles. The van der Waals surface area contributed by atoms with Crippen LogP contribution in [0.4, 0.5) is 24.5 Å². The normalized spacial score (nSPS) is 12.3. The van der Waals surface area contributed by atoms with Gasteiger partial charge in [-0.05, 0) is 37.3 Å². The van der Waals surface area contributed by atoms with Crippen molar-refractivity contribution in [2.75, 3.05) is 10.5 Å². The van der Waals surface area contributed by atoms with Crippen LogP contribution in [0.15, 0.2) is 53.4 Å². The summed E-state index contributed by atoms with van der Waals surface area (Å²) in [4.78, 5) is 3.65. The van der Waals surface area contributed by atoms with E-state index in [1.807, 2.05) is 0 Å². The highest BCUT2D eigenvalue weighted by Crippen LogP contribution is 2.33. The van der Waals surface area contributed by atoms with Crippen molar-refractivity contribution in [2.24, 2.45) is 0 Å². The number of nitrogens with two attached hydrogens (primary N) is 1. The average Bonchev–Trinajstić information content (AvgIpc) is 2.54. The van der Waals surface area contributed by atoms with Crippen molar-refractivity contribution in [3.05, 3.63) is 59.8 Å². The summed E-state index contributed by atoms with van der Waals surface area (Å²) in [5, 5.41) is 0.688. The molecule has 0 aliphatic carbocycles. The van der Waals surface area contributed by atoms with E-state index in [2.05, 4.69) is 9.71 Å². The Labute approximate surface area is 147 Å². The highest BCUT2D eigenvalue weighted by molar-refractivity contribution is 7.93. The van der Waals surface area contributed by atoms with Gasteiger partial charge in [0.2, 0.25) is 0 Å². The summed E-state index contributed by atoms with van der Waals surface area (Å²) in [7, 11) is -4.35. The number of benzene rings is 2. The summed E-state index contributed by atoms with van der Waals surface area (Å²) in [5.74, 6) is 0. The molecule has 0 radical (unpaired) electrons. The molecule has 3 aromatic rings. The molecule has 3 rings (SSSR count). The van der Waals surface area contributed by atoms with Gasteiger partial charge < -0.3 is 5.73 Å². The van der Waals surface area contributed by atoms with E-state index in [9.17, 15) is 21.6 Å². The Morgan fingerprint density at radius 2 is 1.81 bits per heavy atom. The van der Waals surface area contributed by atoms with Crippen molar-refractivity contribution in [1.82, 2.24) is 4.98 Å². The molecule has 0 amide bonds. The van der Waals surface area contributed by atoms with Crippen LogP contribution in [-0.2, 0) is 16.2 Å². The Bertz CT molecular complexity index is 1100. The molecular weight excluding hydrogens is 367 g/mol. The number of anilines is 2. The van der Waals surface area contributed by atoms with Crippen LogP contribution in [0.1, 0.15) is 11.3 Å². The lowest BCUT2D eigenvalue weighted by Crippen LogP contribution is -2.17. The average molecular weight is 381 g/mol. The van der Waals surface area contributed by atoms with Crippen LogP contribution in [-0.4, -0.2) is 13.4 Å². The molecule has 0 aliphatic heterocycles. The third-order valence-electron chi connectivity index (χ3n) is 3.73. The first-order chi connectivity index (χ1) is 12.1. The Kier molecular flexibility index (Phi) is 4.27. The van der Waals surface area contributed by atoms with E-state index in [4.69, 9.17) is 5.73 Å². The minimum atomic E-state index is -4.68. The Hall–Kier alpha value is -2.81. The van der Waals surface area contributed by atoms with Crippen LogP contribution >= 0.6 is 0 Å². The van der Waals surface area contributed by atoms with Crippen molar-refractivity contribution >= 4 is 32.3 Å². The number of aryl methyl sites for hydroxylation is 1. The summed E-state index contributed by atoms with van der Waals surface area (Å²) < 4.78 is 66.3. The number of halogens is 3. The van der Waals surface area contributed by atoms with Gasteiger partial charge >= 0.3 is 6.18 Å². The van der Waals surface area contributed by atoms with Crippen LogP contribution < -0.4 is 10.5 Å². The number of hydrogen-bond acceptors (Lipinski definition) is 4.